The smallest absolute Gasteiger partial charge is 0.220 e. The molecule has 0 saturated carbocycles. The summed E-state index contributed by atoms with van der Waals surface area (Å²) in [4.78, 5) is 20.6. The lowest BCUT2D eigenvalue weighted by atomic mass is 9.93. The van der Waals surface area contributed by atoms with Crippen LogP contribution in [-0.4, -0.2) is 68.5 Å². The summed E-state index contributed by atoms with van der Waals surface area (Å²) < 4.78 is 14.7. The van der Waals surface area contributed by atoms with E-state index in [2.05, 4.69) is 25.4 Å². The van der Waals surface area contributed by atoms with Crippen molar-refractivity contribution in [2.75, 3.05) is 46.8 Å². The van der Waals surface area contributed by atoms with Gasteiger partial charge in [0.15, 0.2) is 5.96 Å². The van der Waals surface area contributed by atoms with Crippen LogP contribution in [0.5, 0.6) is 0 Å². The maximum Gasteiger partial charge on any atom is 0.220 e. The van der Waals surface area contributed by atoms with Gasteiger partial charge in [0, 0.05) is 50.7 Å². The number of rotatable bonds is 6. The molecule has 2 saturated heterocycles. The van der Waals surface area contributed by atoms with Crippen LogP contribution in [0.1, 0.15) is 43.7 Å². The van der Waals surface area contributed by atoms with Crippen LogP contribution in [0, 0.1) is 11.7 Å². The number of carbonyl (C=O) groups excluding carboxylic acids is 1. The third-order valence-electron chi connectivity index (χ3n) is 6.25. The molecule has 0 spiro atoms. The lowest BCUT2D eigenvalue weighted by Gasteiger charge is -2.35. The Kier molecular flexibility index (Phi) is 8.33. The maximum atomic E-state index is 14.7. The number of aliphatic imine (C=N–C) groups is 1. The van der Waals surface area contributed by atoms with Crippen LogP contribution in [0.25, 0.3) is 0 Å². The van der Waals surface area contributed by atoms with E-state index < -0.39 is 0 Å². The van der Waals surface area contributed by atoms with E-state index in [0.717, 1.165) is 57.8 Å². The molecule has 0 bridgehead atoms. The van der Waals surface area contributed by atoms with Crippen molar-refractivity contribution in [3.05, 3.63) is 34.6 Å². The molecule has 1 aromatic carbocycles. The van der Waals surface area contributed by atoms with Gasteiger partial charge in [-0.25, -0.2) is 4.39 Å². The Hall–Kier alpha value is -1.86. The largest absolute Gasteiger partial charge is 0.359 e. The summed E-state index contributed by atoms with van der Waals surface area (Å²) in [5.41, 5.74) is 0.563. The number of halogens is 2. The third kappa shape index (κ3) is 5.64. The molecule has 166 valence electrons. The number of hydrogen-bond acceptors (Lipinski definition) is 3. The van der Waals surface area contributed by atoms with E-state index in [1.54, 1.807) is 26.2 Å². The van der Waals surface area contributed by atoms with Crippen molar-refractivity contribution in [2.24, 2.45) is 10.9 Å². The molecule has 2 N–H and O–H groups in total. The number of carbonyl (C=O) groups is 1. The second-order valence-corrected chi connectivity index (χ2v) is 8.54. The molecule has 2 aliphatic heterocycles. The predicted octanol–water partition coefficient (Wildman–Crippen LogP) is 3.04. The Labute approximate surface area is 183 Å². The van der Waals surface area contributed by atoms with Gasteiger partial charge in [-0.15, -0.1) is 0 Å². The van der Waals surface area contributed by atoms with Gasteiger partial charge >= 0.3 is 0 Å². The van der Waals surface area contributed by atoms with Gasteiger partial charge in [0.2, 0.25) is 5.91 Å². The van der Waals surface area contributed by atoms with E-state index in [1.807, 2.05) is 0 Å². The van der Waals surface area contributed by atoms with E-state index in [4.69, 9.17) is 11.6 Å². The standard InChI is InChI=1S/C22H33ClFN5O/c1-25-20(30)14-16-8-12-29(13-9-16)22(26-2)27-15-19(28-10-3-4-11-28)21-17(23)6-5-7-18(21)24/h5-7,16,19H,3-4,8-15H2,1-2H3,(H,25,30)(H,26,27). The van der Waals surface area contributed by atoms with Gasteiger partial charge in [0.05, 0.1) is 6.04 Å². The molecule has 2 heterocycles. The number of guanidine groups is 1. The van der Waals surface area contributed by atoms with Crippen molar-refractivity contribution < 1.29 is 9.18 Å². The lowest BCUT2D eigenvalue weighted by molar-refractivity contribution is -0.121. The average molecular weight is 438 g/mol. The number of nitrogens with one attached hydrogen (secondary N) is 2. The monoisotopic (exact) mass is 437 g/mol. The van der Waals surface area contributed by atoms with Gasteiger partial charge in [-0.2, -0.15) is 0 Å². The summed E-state index contributed by atoms with van der Waals surface area (Å²) in [6.45, 7) is 4.15. The first-order chi connectivity index (χ1) is 14.5. The molecule has 0 aliphatic carbocycles. The van der Waals surface area contributed by atoms with E-state index >= 15 is 0 Å². The quantitative estimate of drug-likeness (QED) is 0.530. The van der Waals surface area contributed by atoms with Crippen LogP contribution >= 0.6 is 11.6 Å². The summed E-state index contributed by atoms with van der Waals surface area (Å²) in [5.74, 6) is 1.08. The van der Waals surface area contributed by atoms with Gasteiger partial charge in [-0.1, -0.05) is 17.7 Å². The van der Waals surface area contributed by atoms with Crippen molar-refractivity contribution in [3.8, 4) is 0 Å². The van der Waals surface area contributed by atoms with Crippen LogP contribution in [-0.2, 0) is 4.79 Å². The average Bonchev–Trinajstić information content (AvgIpc) is 3.28. The molecule has 2 fully saturated rings. The Morgan fingerprint density at radius 1 is 1.27 bits per heavy atom. The van der Waals surface area contributed by atoms with Crippen LogP contribution in [0.15, 0.2) is 23.2 Å². The van der Waals surface area contributed by atoms with E-state index in [9.17, 15) is 9.18 Å². The van der Waals surface area contributed by atoms with Crippen molar-refractivity contribution in [2.45, 2.75) is 38.1 Å². The van der Waals surface area contributed by atoms with Gasteiger partial charge in [-0.05, 0) is 56.8 Å². The van der Waals surface area contributed by atoms with Gasteiger partial charge in [0.25, 0.3) is 0 Å². The maximum absolute atomic E-state index is 14.7. The first-order valence-corrected chi connectivity index (χ1v) is 11.3. The normalized spacial score (nSPS) is 19.7. The minimum Gasteiger partial charge on any atom is -0.359 e. The van der Waals surface area contributed by atoms with Crippen LogP contribution in [0.4, 0.5) is 4.39 Å². The molecule has 2 aliphatic rings. The molecule has 8 heteroatoms. The molecule has 0 radical (unpaired) electrons. The molecule has 1 atom stereocenters. The fraction of sp³-hybridized carbons (Fsp3) is 0.636. The molecule has 30 heavy (non-hydrogen) atoms. The van der Waals surface area contributed by atoms with Crippen molar-refractivity contribution in [3.63, 3.8) is 0 Å². The van der Waals surface area contributed by atoms with E-state index in [-0.39, 0.29) is 17.8 Å². The second kappa shape index (κ2) is 11.0. The summed E-state index contributed by atoms with van der Waals surface area (Å²) in [5, 5.41) is 6.64. The summed E-state index contributed by atoms with van der Waals surface area (Å²) >= 11 is 6.40. The fourth-order valence-electron chi connectivity index (χ4n) is 4.53. The fourth-order valence-corrected chi connectivity index (χ4v) is 4.82. The summed E-state index contributed by atoms with van der Waals surface area (Å²) in [6, 6.07) is 4.76. The number of likely N-dealkylation sites (tertiary alicyclic amines) is 2. The molecule has 3 rings (SSSR count). The van der Waals surface area contributed by atoms with Crippen LogP contribution in [0.2, 0.25) is 5.02 Å². The minimum absolute atomic E-state index is 0.103. The number of hydrogen-bond donors (Lipinski definition) is 2. The number of benzene rings is 1. The lowest BCUT2D eigenvalue weighted by Crippen LogP contribution is -2.48. The topological polar surface area (TPSA) is 60.0 Å². The highest BCUT2D eigenvalue weighted by Crippen LogP contribution is 2.32. The van der Waals surface area contributed by atoms with Crippen LogP contribution in [0.3, 0.4) is 0 Å². The number of piperidine rings is 1. The van der Waals surface area contributed by atoms with Crippen molar-refractivity contribution in [1.82, 2.24) is 20.4 Å². The predicted molar refractivity (Wildman–Crippen MR) is 119 cm³/mol. The Morgan fingerprint density at radius 2 is 1.97 bits per heavy atom. The second-order valence-electron chi connectivity index (χ2n) is 8.13. The Balaban J connectivity index is 1.64. The van der Waals surface area contributed by atoms with E-state index in [1.165, 1.54) is 6.07 Å². The highest BCUT2D eigenvalue weighted by Gasteiger charge is 2.29. The van der Waals surface area contributed by atoms with Crippen molar-refractivity contribution >= 4 is 23.5 Å². The van der Waals surface area contributed by atoms with E-state index in [0.29, 0.717) is 29.5 Å². The zero-order chi connectivity index (χ0) is 21.5. The zero-order valence-corrected chi connectivity index (χ0v) is 18.7. The third-order valence-corrected chi connectivity index (χ3v) is 6.58. The van der Waals surface area contributed by atoms with Gasteiger partial charge < -0.3 is 15.5 Å². The zero-order valence-electron chi connectivity index (χ0n) is 18.0. The molecule has 6 nitrogen and oxygen atoms in total. The first-order valence-electron chi connectivity index (χ1n) is 10.9. The molecule has 1 amide bonds. The summed E-state index contributed by atoms with van der Waals surface area (Å²) in [6.07, 6.45) is 4.75. The summed E-state index contributed by atoms with van der Waals surface area (Å²) in [7, 11) is 3.46. The Morgan fingerprint density at radius 3 is 2.57 bits per heavy atom. The Bertz CT molecular complexity index is 725. The number of amides is 1. The molecule has 1 aromatic rings. The van der Waals surface area contributed by atoms with Gasteiger partial charge in [-0.3, -0.25) is 14.7 Å². The molecular weight excluding hydrogens is 405 g/mol. The minimum atomic E-state index is -0.258. The SMILES string of the molecule is CN=C(NCC(c1c(F)cccc1Cl)N1CCCC1)N1CCC(CC(=O)NC)CC1. The van der Waals surface area contributed by atoms with Gasteiger partial charge in [0.1, 0.15) is 5.82 Å². The highest BCUT2D eigenvalue weighted by atomic mass is 35.5. The molecule has 1 unspecified atom stereocenters. The van der Waals surface area contributed by atoms with Crippen molar-refractivity contribution in [1.29, 1.82) is 0 Å². The highest BCUT2D eigenvalue weighted by molar-refractivity contribution is 6.31. The molecule has 0 aromatic heterocycles. The number of nitrogens with zero attached hydrogens (tertiary/aromatic N) is 3. The van der Waals surface area contributed by atoms with Crippen LogP contribution < -0.4 is 10.6 Å². The molecular formula is C22H33ClFN5O. The first kappa shape index (κ1) is 22.8.